The zero-order valence-electron chi connectivity index (χ0n) is 12.0. The maximum Gasteiger partial charge on any atom is 0.309 e. The van der Waals surface area contributed by atoms with E-state index in [0.717, 1.165) is 31.2 Å². The van der Waals surface area contributed by atoms with E-state index in [1.165, 1.54) is 12.0 Å². The van der Waals surface area contributed by atoms with Crippen molar-refractivity contribution in [3.63, 3.8) is 0 Å². The molecule has 1 aromatic rings. The molecule has 0 heterocycles. The molecule has 19 heavy (non-hydrogen) atoms. The molecule has 1 aromatic carbocycles. The average molecular weight is 260 g/mol. The van der Waals surface area contributed by atoms with Crippen molar-refractivity contribution >= 4 is 5.97 Å². The third-order valence-electron chi connectivity index (χ3n) is 4.52. The molecular weight excluding hydrogens is 236 g/mol. The Morgan fingerprint density at radius 2 is 1.95 bits per heavy atom. The van der Waals surface area contributed by atoms with Gasteiger partial charge in [0.15, 0.2) is 0 Å². The molecular formula is C17H24O2. The summed E-state index contributed by atoms with van der Waals surface area (Å²) in [6.07, 6.45) is 5.56. The van der Waals surface area contributed by atoms with Crippen molar-refractivity contribution in [3.05, 3.63) is 35.4 Å². The molecule has 2 atom stereocenters. The zero-order chi connectivity index (χ0) is 13.9. The Kier molecular flexibility index (Phi) is 4.28. The summed E-state index contributed by atoms with van der Waals surface area (Å²) in [7, 11) is 0. The highest BCUT2D eigenvalue weighted by Crippen LogP contribution is 2.42. The summed E-state index contributed by atoms with van der Waals surface area (Å²) in [6, 6.07) is 8.44. The quantitative estimate of drug-likeness (QED) is 0.886. The Bertz CT molecular complexity index is 435. The molecule has 2 unspecified atom stereocenters. The third-order valence-corrected chi connectivity index (χ3v) is 4.52. The fourth-order valence-corrected chi connectivity index (χ4v) is 3.37. The van der Waals surface area contributed by atoms with Crippen LogP contribution < -0.4 is 0 Å². The number of rotatable bonds is 4. The first kappa shape index (κ1) is 14.1. The van der Waals surface area contributed by atoms with Crippen LogP contribution in [0.3, 0.4) is 0 Å². The Hall–Kier alpha value is -1.31. The van der Waals surface area contributed by atoms with E-state index in [4.69, 9.17) is 0 Å². The summed E-state index contributed by atoms with van der Waals surface area (Å²) in [4.78, 5) is 11.7. The number of carboxylic acids is 1. The number of carboxylic acid groups (broad SMARTS) is 1. The molecule has 2 heteroatoms. The lowest BCUT2D eigenvalue weighted by Gasteiger charge is -2.36. The molecule has 2 nitrogen and oxygen atoms in total. The van der Waals surface area contributed by atoms with Gasteiger partial charge >= 0.3 is 5.97 Å². The average Bonchev–Trinajstić information content (AvgIpc) is 2.39. The summed E-state index contributed by atoms with van der Waals surface area (Å²) in [6.45, 7) is 4.31. The Balaban J connectivity index is 2.18. The summed E-state index contributed by atoms with van der Waals surface area (Å²) in [5, 5.41) is 9.67. The second-order valence-corrected chi connectivity index (χ2v) is 6.13. The Labute approximate surface area is 115 Å². The topological polar surface area (TPSA) is 37.3 Å². The maximum atomic E-state index is 11.7. The van der Waals surface area contributed by atoms with Gasteiger partial charge < -0.3 is 5.11 Å². The summed E-state index contributed by atoms with van der Waals surface area (Å²) >= 11 is 0. The number of aryl methyl sites for hydroxylation is 1. The predicted molar refractivity (Wildman–Crippen MR) is 77.2 cm³/mol. The summed E-state index contributed by atoms with van der Waals surface area (Å²) in [5.74, 6) is -0.0848. The van der Waals surface area contributed by atoms with Crippen LogP contribution in [0.15, 0.2) is 24.3 Å². The van der Waals surface area contributed by atoms with E-state index in [1.807, 2.05) is 0 Å². The van der Waals surface area contributed by atoms with Gasteiger partial charge in [-0.15, -0.1) is 0 Å². The van der Waals surface area contributed by atoms with Crippen LogP contribution in [0, 0.1) is 11.3 Å². The van der Waals surface area contributed by atoms with Gasteiger partial charge in [0, 0.05) is 0 Å². The standard InChI is InChI=1S/C17H24O2/c1-3-14-6-8-15(9-7-14)12-17(16(18)19)10-4-5-13(2)11-17/h6-9,13H,3-5,10-12H2,1-2H3,(H,18,19). The van der Waals surface area contributed by atoms with Crippen LogP contribution in [0.1, 0.15) is 50.7 Å². The first-order valence-electron chi connectivity index (χ1n) is 7.37. The van der Waals surface area contributed by atoms with E-state index in [1.54, 1.807) is 0 Å². The predicted octanol–water partition coefficient (Wildman–Crippen LogP) is 4.07. The van der Waals surface area contributed by atoms with E-state index in [9.17, 15) is 9.90 Å². The molecule has 1 fully saturated rings. The maximum absolute atomic E-state index is 11.7. The van der Waals surface area contributed by atoms with Gasteiger partial charge in [-0.25, -0.2) is 0 Å². The monoisotopic (exact) mass is 260 g/mol. The molecule has 1 aliphatic carbocycles. The highest BCUT2D eigenvalue weighted by molar-refractivity contribution is 5.75. The van der Waals surface area contributed by atoms with Gasteiger partial charge in [0.1, 0.15) is 0 Å². The lowest BCUT2D eigenvalue weighted by Crippen LogP contribution is -2.37. The van der Waals surface area contributed by atoms with E-state index in [2.05, 4.69) is 38.1 Å². The van der Waals surface area contributed by atoms with Crippen molar-refractivity contribution in [2.24, 2.45) is 11.3 Å². The largest absolute Gasteiger partial charge is 0.481 e. The molecule has 0 aromatic heterocycles. The molecule has 0 aliphatic heterocycles. The van der Waals surface area contributed by atoms with E-state index in [0.29, 0.717) is 12.3 Å². The van der Waals surface area contributed by atoms with Crippen molar-refractivity contribution < 1.29 is 9.90 Å². The van der Waals surface area contributed by atoms with Crippen molar-refractivity contribution in [2.45, 2.75) is 52.4 Å². The van der Waals surface area contributed by atoms with Gasteiger partial charge in [0.05, 0.1) is 5.41 Å². The number of aliphatic carboxylic acids is 1. The molecule has 104 valence electrons. The third kappa shape index (κ3) is 3.17. The molecule has 2 rings (SSSR count). The van der Waals surface area contributed by atoms with Crippen LogP contribution in [0.2, 0.25) is 0 Å². The summed E-state index contributed by atoms with van der Waals surface area (Å²) in [5.41, 5.74) is 1.93. The molecule has 0 saturated heterocycles. The molecule has 1 saturated carbocycles. The zero-order valence-corrected chi connectivity index (χ0v) is 12.0. The first-order chi connectivity index (χ1) is 9.05. The minimum Gasteiger partial charge on any atom is -0.481 e. The van der Waals surface area contributed by atoms with Crippen molar-refractivity contribution in [1.29, 1.82) is 0 Å². The van der Waals surface area contributed by atoms with Gasteiger partial charge in [-0.3, -0.25) is 4.79 Å². The highest BCUT2D eigenvalue weighted by Gasteiger charge is 2.41. The SMILES string of the molecule is CCc1ccc(CC2(C(=O)O)CCCC(C)C2)cc1. The Morgan fingerprint density at radius 1 is 1.32 bits per heavy atom. The fourth-order valence-electron chi connectivity index (χ4n) is 3.37. The minimum atomic E-state index is -0.612. The van der Waals surface area contributed by atoms with E-state index >= 15 is 0 Å². The second kappa shape index (κ2) is 5.77. The first-order valence-corrected chi connectivity index (χ1v) is 7.37. The van der Waals surface area contributed by atoms with Gasteiger partial charge in [0.2, 0.25) is 0 Å². The van der Waals surface area contributed by atoms with Crippen LogP contribution >= 0.6 is 0 Å². The fraction of sp³-hybridized carbons (Fsp3) is 0.588. The van der Waals surface area contributed by atoms with Crippen molar-refractivity contribution in [2.75, 3.05) is 0 Å². The lowest BCUT2D eigenvalue weighted by atomic mass is 9.67. The smallest absolute Gasteiger partial charge is 0.309 e. The number of carbonyl (C=O) groups is 1. The molecule has 0 radical (unpaired) electrons. The van der Waals surface area contributed by atoms with Crippen LogP contribution in [0.25, 0.3) is 0 Å². The Morgan fingerprint density at radius 3 is 2.47 bits per heavy atom. The molecule has 0 amide bonds. The van der Waals surface area contributed by atoms with Crippen molar-refractivity contribution in [1.82, 2.24) is 0 Å². The number of benzene rings is 1. The van der Waals surface area contributed by atoms with Gasteiger partial charge in [0.25, 0.3) is 0 Å². The highest BCUT2D eigenvalue weighted by atomic mass is 16.4. The van der Waals surface area contributed by atoms with E-state index < -0.39 is 11.4 Å². The van der Waals surface area contributed by atoms with Gasteiger partial charge in [-0.05, 0) is 42.7 Å². The lowest BCUT2D eigenvalue weighted by molar-refractivity contribution is -0.152. The normalized spacial score (nSPS) is 27.2. The van der Waals surface area contributed by atoms with Crippen LogP contribution in [0.5, 0.6) is 0 Å². The number of hydrogen-bond acceptors (Lipinski definition) is 1. The molecule has 1 N–H and O–H groups in total. The molecule has 1 aliphatic rings. The minimum absolute atomic E-state index is 0.528. The second-order valence-electron chi connectivity index (χ2n) is 6.13. The van der Waals surface area contributed by atoms with E-state index in [-0.39, 0.29) is 0 Å². The number of hydrogen-bond donors (Lipinski definition) is 1. The molecule has 0 spiro atoms. The molecule has 0 bridgehead atoms. The van der Waals surface area contributed by atoms with Crippen LogP contribution in [-0.2, 0) is 17.6 Å². The van der Waals surface area contributed by atoms with Gasteiger partial charge in [-0.1, -0.05) is 51.0 Å². The van der Waals surface area contributed by atoms with Crippen LogP contribution in [-0.4, -0.2) is 11.1 Å². The van der Waals surface area contributed by atoms with Gasteiger partial charge in [-0.2, -0.15) is 0 Å². The summed E-state index contributed by atoms with van der Waals surface area (Å²) < 4.78 is 0. The van der Waals surface area contributed by atoms with Crippen LogP contribution in [0.4, 0.5) is 0 Å². The van der Waals surface area contributed by atoms with Crippen molar-refractivity contribution in [3.8, 4) is 0 Å².